The predicted octanol–water partition coefficient (Wildman–Crippen LogP) is 2.99. The molecule has 1 rings (SSSR count). The van der Waals surface area contributed by atoms with Crippen LogP contribution in [-0.4, -0.2) is 7.05 Å². The summed E-state index contributed by atoms with van der Waals surface area (Å²) in [5, 5.41) is 2.74. The first kappa shape index (κ1) is 8.90. The summed E-state index contributed by atoms with van der Waals surface area (Å²) in [6, 6.07) is 4.88. The molecule has 1 nitrogen and oxygen atoms in total. The molecule has 0 bridgehead atoms. The van der Waals surface area contributed by atoms with Crippen LogP contribution < -0.4 is 5.32 Å². The summed E-state index contributed by atoms with van der Waals surface area (Å²) in [7, 11) is 1.66. The fourth-order valence-electron chi connectivity index (χ4n) is 0.826. The molecule has 68 valence electrons. The van der Waals surface area contributed by atoms with Crippen LogP contribution in [0.1, 0.15) is 6.99 Å². The highest BCUT2D eigenvalue weighted by Crippen LogP contribution is 2.29. The van der Waals surface area contributed by atoms with Crippen LogP contribution in [0.15, 0.2) is 24.3 Å². The van der Waals surface area contributed by atoms with E-state index < -0.39 is 11.7 Å². The molecule has 0 unspecified atom stereocenters. The Morgan fingerprint density at radius 3 is 2.00 bits per heavy atom. The van der Waals surface area contributed by atoms with E-state index in [0.717, 1.165) is 12.1 Å². The van der Waals surface area contributed by atoms with E-state index in [-0.39, 0.29) is 1.43 Å². The van der Waals surface area contributed by atoms with E-state index in [1.165, 1.54) is 12.1 Å². The van der Waals surface area contributed by atoms with Gasteiger partial charge in [-0.25, -0.2) is 0 Å². The smallest absolute Gasteiger partial charge is 0.388 e. The topological polar surface area (TPSA) is 12.0 Å². The first-order chi connectivity index (χ1) is 5.54. The molecule has 0 atom stereocenters. The van der Waals surface area contributed by atoms with Crippen LogP contribution in [0.5, 0.6) is 0 Å². The Morgan fingerprint density at radius 2 is 1.67 bits per heavy atom. The van der Waals surface area contributed by atoms with Gasteiger partial charge in [-0.15, -0.1) is 0 Å². The van der Waals surface area contributed by atoms with Crippen LogP contribution >= 0.6 is 0 Å². The molecule has 1 aromatic carbocycles. The Balaban J connectivity index is 0.00000144. The summed E-state index contributed by atoms with van der Waals surface area (Å²) >= 11 is 0. The second kappa shape index (κ2) is 3.05. The summed E-state index contributed by atoms with van der Waals surface area (Å²) in [5.41, 5.74) is 0.0458. The molecule has 1 N–H and O–H groups in total. The minimum Gasteiger partial charge on any atom is -0.388 e. The lowest BCUT2D eigenvalue weighted by Gasteiger charge is -2.06. The third kappa shape index (κ3) is 1.90. The molecule has 0 spiro atoms. The number of benzene rings is 1. The molecule has 0 aromatic heterocycles. The van der Waals surface area contributed by atoms with Gasteiger partial charge in [0.15, 0.2) is 0 Å². The van der Waals surface area contributed by atoms with E-state index in [1.54, 1.807) is 7.05 Å². The van der Waals surface area contributed by atoms with Crippen molar-refractivity contribution in [2.24, 2.45) is 0 Å². The monoisotopic (exact) mass is 177 g/mol. The van der Waals surface area contributed by atoms with Gasteiger partial charge in [0.2, 0.25) is 0 Å². The second-order valence-corrected chi connectivity index (χ2v) is 2.33. The SMILES string of the molecule is CNc1ccc(C(F)(F)F)cc1.[HH]. The summed E-state index contributed by atoms with van der Waals surface area (Å²) in [4.78, 5) is 0. The van der Waals surface area contributed by atoms with Crippen molar-refractivity contribution in [1.82, 2.24) is 0 Å². The Morgan fingerprint density at radius 1 is 1.17 bits per heavy atom. The van der Waals surface area contributed by atoms with E-state index in [4.69, 9.17) is 0 Å². The average Bonchev–Trinajstić information content (AvgIpc) is 2.03. The molecule has 1 aromatic rings. The molecule has 0 fully saturated rings. The average molecular weight is 177 g/mol. The standard InChI is InChI=1S/C8H8F3N.H2/c1-12-7-4-2-6(3-5-7)8(9,10)11;/h2-5,12H,1H3;1H. The summed E-state index contributed by atoms with van der Waals surface area (Å²) in [6.07, 6.45) is -4.24. The zero-order valence-electron chi connectivity index (χ0n) is 6.44. The molecule has 0 heterocycles. The lowest BCUT2D eigenvalue weighted by atomic mass is 10.2. The molecule has 0 radical (unpaired) electrons. The van der Waals surface area contributed by atoms with E-state index in [9.17, 15) is 13.2 Å². The van der Waals surface area contributed by atoms with Gasteiger partial charge in [0.1, 0.15) is 0 Å². The van der Waals surface area contributed by atoms with Crippen molar-refractivity contribution in [3.8, 4) is 0 Å². The normalized spacial score (nSPS) is 11.3. The van der Waals surface area contributed by atoms with Crippen molar-refractivity contribution in [3.05, 3.63) is 29.8 Å². The Kier molecular flexibility index (Phi) is 2.26. The third-order valence-corrected chi connectivity index (χ3v) is 1.50. The fraction of sp³-hybridized carbons (Fsp3) is 0.250. The first-order valence-electron chi connectivity index (χ1n) is 3.39. The third-order valence-electron chi connectivity index (χ3n) is 1.50. The number of hydrogen-bond donors (Lipinski definition) is 1. The fourth-order valence-corrected chi connectivity index (χ4v) is 0.826. The van der Waals surface area contributed by atoms with Crippen LogP contribution in [0.3, 0.4) is 0 Å². The van der Waals surface area contributed by atoms with Gasteiger partial charge in [0.05, 0.1) is 5.56 Å². The van der Waals surface area contributed by atoms with Crippen LogP contribution in [0, 0.1) is 0 Å². The maximum atomic E-state index is 12.0. The van der Waals surface area contributed by atoms with Crippen LogP contribution in [-0.2, 0) is 6.18 Å². The molecule has 0 aliphatic rings. The Hall–Kier alpha value is -1.19. The Bertz CT molecular complexity index is 255. The van der Waals surface area contributed by atoms with E-state index in [2.05, 4.69) is 5.32 Å². The molecule has 0 saturated heterocycles. The van der Waals surface area contributed by atoms with E-state index in [1.807, 2.05) is 0 Å². The van der Waals surface area contributed by atoms with Gasteiger partial charge in [-0.05, 0) is 24.3 Å². The van der Waals surface area contributed by atoms with Crippen molar-refractivity contribution < 1.29 is 14.6 Å². The summed E-state index contributed by atoms with van der Waals surface area (Å²) < 4.78 is 36.0. The van der Waals surface area contributed by atoms with E-state index in [0.29, 0.717) is 5.69 Å². The summed E-state index contributed by atoms with van der Waals surface area (Å²) in [5.74, 6) is 0. The van der Waals surface area contributed by atoms with Gasteiger partial charge in [0, 0.05) is 14.2 Å². The van der Waals surface area contributed by atoms with Gasteiger partial charge < -0.3 is 5.32 Å². The van der Waals surface area contributed by atoms with Gasteiger partial charge in [0.25, 0.3) is 0 Å². The number of nitrogens with one attached hydrogen (secondary N) is 1. The molecule has 4 heteroatoms. The Labute approximate surface area is 69.7 Å². The zero-order valence-corrected chi connectivity index (χ0v) is 6.44. The largest absolute Gasteiger partial charge is 0.416 e. The van der Waals surface area contributed by atoms with Crippen LogP contribution in [0.2, 0.25) is 0 Å². The van der Waals surface area contributed by atoms with Crippen LogP contribution in [0.4, 0.5) is 18.9 Å². The molecule has 12 heavy (non-hydrogen) atoms. The molecular formula is C8H10F3N. The quantitative estimate of drug-likeness (QED) is 0.695. The lowest BCUT2D eigenvalue weighted by molar-refractivity contribution is -0.137. The zero-order chi connectivity index (χ0) is 9.19. The highest BCUT2D eigenvalue weighted by molar-refractivity contribution is 5.44. The number of halogens is 3. The number of hydrogen-bond acceptors (Lipinski definition) is 1. The molecule has 0 saturated carbocycles. The van der Waals surface area contributed by atoms with Crippen LogP contribution in [0.25, 0.3) is 0 Å². The molecule has 0 amide bonds. The van der Waals surface area contributed by atoms with Gasteiger partial charge in [-0.3, -0.25) is 0 Å². The van der Waals surface area contributed by atoms with Crippen molar-refractivity contribution >= 4 is 5.69 Å². The minimum absolute atomic E-state index is 0. The lowest BCUT2D eigenvalue weighted by Crippen LogP contribution is -2.04. The van der Waals surface area contributed by atoms with E-state index >= 15 is 0 Å². The van der Waals surface area contributed by atoms with Crippen molar-refractivity contribution in [2.45, 2.75) is 6.18 Å². The summed E-state index contributed by atoms with van der Waals surface area (Å²) in [6.45, 7) is 0. The molecule has 0 aliphatic heterocycles. The number of anilines is 1. The predicted molar refractivity (Wildman–Crippen MR) is 43.1 cm³/mol. The minimum atomic E-state index is -4.24. The highest BCUT2D eigenvalue weighted by atomic mass is 19.4. The molecule has 0 aliphatic carbocycles. The number of alkyl halides is 3. The van der Waals surface area contributed by atoms with Crippen molar-refractivity contribution in [1.29, 1.82) is 0 Å². The van der Waals surface area contributed by atoms with Gasteiger partial charge >= 0.3 is 6.18 Å². The maximum Gasteiger partial charge on any atom is 0.416 e. The van der Waals surface area contributed by atoms with Gasteiger partial charge in [-0.1, -0.05) is 0 Å². The van der Waals surface area contributed by atoms with Crippen molar-refractivity contribution in [3.63, 3.8) is 0 Å². The highest BCUT2D eigenvalue weighted by Gasteiger charge is 2.29. The number of rotatable bonds is 1. The second-order valence-electron chi connectivity index (χ2n) is 2.33. The van der Waals surface area contributed by atoms with Crippen molar-refractivity contribution in [2.75, 3.05) is 12.4 Å². The molecular weight excluding hydrogens is 167 g/mol. The first-order valence-corrected chi connectivity index (χ1v) is 3.39. The maximum absolute atomic E-state index is 12.0. The van der Waals surface area contributed by atoms with Gasteiger partial charge in [-0.2, -0.15) is 13.2 Å².